The summed E-state index contributed by atoms with van der Waals surface area (Å²) < 4.78 is 2.17. The molecule has 1 unspecified atom stereocenters. The smallest absolute Gasteiger partial charge is 0.0323 e. The lowest BCUT2D eigenvalue weighted by Gasteiger charge is -2.05. The van der Waals surface area contributed by atoms with Gasteiger partial charge in [-0.15, -0.1) is 0 Å². The molecule has 0 amide bonds. The van der Waals surface area contributed by atoms with Gasteiger partial charge in [-0.25, -0.2) is 0 Å². The number of halogens is 2. The Morgan fingerprint density at radius 2 is 2.07 bits per heavy atom. The Kier molecular flexibility index (Phi) is 5.58. The molecule has 1 atom stereocenters. The number of hydrogen-bond donors (Lipinski definition) is 1. The van der Waals surface area contributed by atoms with E-state index in [2.05, 4.69) is 75.3 Å². The Bertz CT molecular complexity index is 347. The van der Waals surface area contributed by atoms with Crippen LogP contribution in [0.5, 0.6) is 0 Å². The first-order valence-corrected chi connectivity index (χ1v) is 6.58. The molecule has 0 saturated carbocycles. The highest BCUT2D eigenvalue weighted by Gasteiger charge is 1.96. The first kappa shape index (κ1) is 12.9. The molecule has 0 fully saturated rings. The fourth-order valence-corrected chi connectivity index (χ4v) is 1.90. The van der Waals surface area contributed by atoms with Crippen molar-refractivity contribution in [1.29, 1.82) is 0 Å². The van der Waals surface area contributed by atoms with E-state index >= 15 is 0 Å². The molecule has 1 aromatic carbocycles. The van der Waals surface area contributed by atoms with Crippen LogP contribution in [-0.4, -0.2) is 12.6 Å². The monoisotopic (exact) mass is 331 g/mol. The second-order valence-corrected chi connectivity index (χ2v) is 5.09. The highest BCUT2D eigenvalue weighted by atomic mass is 79.9. The van der Waals surface area contributed by atoms with Gasteiger partial charge in [0.2, 0.25) is 0 Å². The van der Waals surface area contributed by atoms with Gasteiger partial charge in [0.25, 0.3) is 0 Å². The Hall–Kier alpha value is -0.120. The van der Waals surface area contributed by atoms with Crippen LogP contribution in [0.1, 0.15) is 19.4 Å². The van der Waals surface area contributed by atoms with Gasteiger partial charge in [0.05, 0.1) is 0 Å². The summed E-state index contributed by atoms with van der Waals surface area (Å²) in [5, 5.41) is 3.33. The third kappa shape index (κ3) is 4.49. The van der Waals surface area contributed by atoms with E-state index < -0.39 is 0 Å². The molecule has 1 rings (SSSR count). The van der Waals surface area contributed by atoms with Crippen molar-refractivity contribution in [3.05, 3.63) is 38.8 Å². The predicted octanol–water partition coefficient (Wildman–Crippen LogP) is 4.22. The van der Waals surface area contributed by atoms with Gasteiger partial charge >= 0.3 is 0 Å². The first-order valence-electron chi connectivity index (χ1n) is 5.00. The lowest BCUT2D eigenvalue weighted by molar-refractivity contribution is 0.663. The fourth-order valence-electron chi connectivity index (χ4n) is 1.26. The van der Waals surface area contributed by atoms with Gasteiger partial charge in [0.15, 0.2) is 0 Å². The summed E-state index contributed by atoms with van der Waals surface area (Å²) in [6.45, 7) is 5.25. The van der Waals surface area contributed by atoms with Crippen LogP contribution in [-0.2, 0) is 0 Å². The van der Waals surface area contributed by atoms with E-state index in [-0.39, 0.29) is 0 Å². The highest BCUT2D eigenvalue weighted by Crippen LogP contribution is 2.24. The zero-order valence-electron chi connectivity index (χ0n) is 8.93. The van der Waals surface area contributed by atoms with Crippen LogP contribution in [0.15, 0.2) is 33.2 Å². The highest BCUT2D eigenvalue weighted by molar-refractivity contribution is 9.13. The van der Waals surface area contributed by atoms with Gasteiger partial charge in [-0.05, 0) is 63.0 Å². The first-order chi connectivity index (χ1) is 7.13. The van der Waals surface area contributed by atoms with Crippen molar-refractivity contribution in [2.45, 2.75) is 19.9 Å². The summed E-state index contributed by atoms with van der Waals surface area (Å²) in [6, 6.07) is 6.64. The largest absolute Gasteiger partial charge is 0.311 e. The second kappa shape index (κ2) is 6.46. The van der Waals surface area contributed by atoms with E-state index in [9.17, 15) is 0 Å². The van der Waals surface area contributed by atoms with Gasteiger partial charge in [0.1, 0.15) is 0 Å². The molecule has 1 N–H and O–H groups in total. The summed E-state index contributed by atoms with van der Waals surface area (Å²) in [6.07, 6.45) is 4.30. The zero-order valence-corrected chi connectivity index (χ0v) is 12.1. The third-order valence-corrected chi connectivity index (χ3v) is 3.93. The van der Waals surface area contributed by atoms with Crippen LogP contribution >= 0.6 is 31.9 Å². The quantitative estimate of drug-likeness (QED) is 0.870. The van der Waals surface area contributed by atoms with E-state index in [0.29, 0.717) is 6.04 Å². The molecule has 3 heteroatoms. The van der Waals surface area contributed by atoms with Crippen molar-refractivity contribution in [2.24, 2.45) is 0 Å². The van der Waals surface area contributed by atoms with Gasteiger partial charge < -0.3 is 5.32 Å². The summed E-state index contributed by atoms with van der Waals surface area (Å²) in [5.74, 6) is 0. The van der Waals surface area contributed by atoms with Crippen molar-refractivity contribution in [1.82, 2.24) is 5.32 Å². The van der Waals surface area contributed by atoms with Crippen molar-refractivity contribution >= 4 is 37.9 Å². The zero-order chi connectivity index (χ0) is 11.3. The third-order valence-electron chi connectivity index (χ3n) is 2.05. The standard InChI is InChI=1S/C12H15Br2N/c1-3-15-9(2)4-5-10-6-7-11(13)12(14)8-10/h4-9,15H,3H2,1-2H3/b5-4+. The maximum Gasteiger partial charge on any atom is 0.0323 e. The molecular weight excluding hydrogens is 318 g/mol. The van der Waals surface area contributed by atoms with Crippen molar-refractivity contribution in [3.8, 4) is 0 Å². The molecule has 0 radical (unpaired) electrons. The molecule has 1 aromatic rings. The lowest BCUT2D eigenvalue weighted by atomic mass is 10.2. The molecule has 0 saturated heterocycles. The molecule has 0 spiro atoms. The maximum absolute atomic E-state index is 3.49. The van der Waals surface area contributed by atoms with Crippen LogP contribution < -0.4 is 5.32 Å². The Morgan fingerprint density at radius 1 is 1.33 bits per heavy atom. The molecule has 0 aliphatic carbocycles. The number of hydrogen-bond acceptors (Lipinski definition) is 1. The molecule has 0 heterocycles. The SMILES string of the molecule is CCNC(C)/C=C/c1ccc(Br)c(Br)c1. The molecule has 15 heavy (non-hydrogen) atoms. The lowest BCUT2D eigenvalue weighted by Crippen LogP contribution is -2.22. The van der Waals surface area contributed by atoms with Crippen LogP contribution in [0.2, 0.25) is 0 Å². The van der Waals surface area contributed by atoms with Crippen LogP contribution in [0.4, 0.5) is 0 Å². The van der Waals surface area contributed by atoms with Crippen molar-refractivity contribution in [2.75, 3.05) is 6.54 Å². The summed E-state index contributed by atoms with van der Waals surface area (Å²) in [7, 11) is 0. The van der Waals surface area contributed by atoms with Gasteiger partial charge in [0, 0.05) is 15.0 Å². The molecule has 0 aromatic heterocycles. The predicted molar refractivity (Wildman–Crippen MR) is 74.0 cm³/mol. The Balaban J connectivity index is 2.68. The minimum absolute atomic E-state index is 0.414. The topological polar surface area (TPSA) is 12.0 Å². The minimum Gasteiger partial charge on any atom is -0.311 e. The average Bonchev–Trinajstić information content (AvgIpc) is 2.20. The van der Waals surface area contributed by atoms with Gasteiger partial charge in [-0.2, -0.15) is 0 Å². The number of rotatable bonds is 4. The summed E-state index contributed by atoms with van der Waals surface area (Å²) >= 11 is 6.94. The minimum atomic E-state index is 0.414. The van der Waals surface area contributed by atoms with Crippen LogP contribution in [0, 0.1) is 0 Å². The Morgan fingerprint density at radius 3 is 2.67 bits per heavy atom. The van der Waals surface area contributed by atoms with E-state index in [4.69, 9.17) is 0 Å². The van der Waals surface area contributed by atoms with E-state index in [0.717, 1.165) is 15.5 Å². The molecule has 82 valence electrons. The molecule has 0 bridgehead atoms. The molecule has 1 nitrogen and oxygen atoms in total. The molecule has 0 aliphatic rings. The number of nitrogens with one attached hydrogen (secondary N) is 1. The second-order valence-electron chi connectivity index (χ2n) is 3.38. The van der Waals surface area contributed by atoms with Gasteiger partial charge in [-0.3, -0.25) is 0 Å². The molecule has 0 aliphatic heterocycles. The molecular formula is C12H15Br2N. The van der Waals surface area contributed by atoms with Crippen molar-refractivity contribution < 1.29 is 0 Å². The maximum atomic E-state index is 3.49. The van der Waals surface area contributed by atoms with E-state index in [1.165, 1.54) is 5.56 Å². The van der Waals surface area contributed by atoms with Crippen molar-refractivity contribution in [3.63, 3.8) is 0 Å². The Labute approximate surface area is 108 Å². The number of benzene rings is 1. The number of likely N-dealkylation sites (N-methyl/N-ethyl adjacent to an activating group) is 1. The van der Waals surface area contributed by atoms with Gasteiger partial charge in [-0.1, -0.05) is 25.1 Å². The normalized spacial score (nSPS) is 13.3. The van der Waals surface area contributed by atoms with E-state index in [1.54, 1.807) is 0 Å². The summed E-state index contributed by atoms with van der Waals surface area (Å²) in [5.41, 5.74) is 1.20. The van der Waals surface area contributed by atoms with Crippen LogP contribution in [0.25, 0.3) is 6.08 Å². The van der Waals surface area contributed by atoms with E-state index in [1.807, 2.05) is 6.07 Å². The van der Waals surface area contributed by atoms with Crippen LogP contribution in [0.3, 0.4) is 0 Å². The fraction of sp³-hybridized carbons (Fsp3) is 0.333. The average molecular weight is 333 g/mol. The summed E-state index contributed by atoms with van der Waals surface area (Å²) in [4.78, 5) is 0.